The van der Waals surface area contributed by atoms with E-state index in [0.717, 1.165) is 38.2 Å². The number of fused-ring (bicyclic) bond motifs is 2. The van der Waals surface area contributed by atoms with Crippen LogP contribution in [0.4, 0.5) is 11.4 Å². The molecular formula is C33H26N2O2. The average Bonchev–Trinajstić information content (AvgIpc) is 2.92. The minimum Gasteiger partial charge on any atom is -0.322 e. The standard InChI is InChI=1S/C33H26N2O2/c1-23-16-19-28(34-32(36)20-17-26-12-6-10-24-8-2-4-14-29(24)26)22-31(23)35-33(37)21-18-27-13-7-11-25-9-3-5-15-30(25)27/h2-22H,1H3,(H,34,36)(H,35,37)/b20-17+,21-18+. The normalized spacial score (nSPS) is 11.4. The predicted molar refractivity (Wildman–Crippen MR) is 154 cm³/mol. The van der Waals surface area contributed by atoms with Gasteiger partial charge in [-0.25, -0.2) is 0 Å². The minimum absolute atomic E-state index is 0.240. The van der Waals surface area contributed by atoms with Crippen LogP contribution in [0.3, 0.4) is 0 Å². The molecule has 0 heterocycles. The van der Waals surface area contributed by atoms with Crippen LogP contribution in [-0.2, 0) is 9.59 Å². The highest BCUT2D eigenvalue weighted by atomic mass is 16.2. The molecule has 4 nitrogen and oxygen atoms in total. The predicted octanol–water partition coefficient (Wildman–Crippen LogP) is 7.61. The highest BCUT2D eigenvalue weighted by molar-refractivity contribution is 6.06. The molecule has 0 bridgehead atoms. The fourth-order valence-electron chi connectivity index (χ4n) is 4.32. The van der Waals surface area contributed by atoms with Gasteiger partial charge in [0.15, 0.2) is 0 Å². The fourth-order valence-corrected chi connectivity index (χ4v) is 4.32. The Bertz CT molecular complexity index is 1670. The molecule has 0 unspecified atom stereocenters. The fraction of sp³-hybridized carbons (Fsp3) is 0.0303. The SMILES string of the molecule is Cc1ccc(NC(=O)/C=C/c2cccc3ccccc23)cc1NC(=O)/C=C/c1cccc2ccccc12. The molecule has 0 fully saturated rings. The summed E-state index contributed by atoms with van der Waals surface area (Å²) in [6.45, 7) is 1.91. The molecule has 2 amide bonds. The summed E-state index contributed by atoms with van der Waals surface area (Å²) in [6.07, 6.45) is 6.68. The summed E-state index contributed by atoms with van der Waals surface area (Å²) in [6, 6.07) is 33.6. The zero-order valence-corrected chi connectivity index (χ0v) is 20.4. The molecule has 4 heteroatoms. The molecule has 0 saturated heterocycles. The van der Waals surface area contributed by atoms with Gasteiger partial charge in [-0.15, -0.1) is 0 Å². The van der Waals surface area contributed by atoms with Gasteiger partial charge in [0.2, 0.25) is 11.8 Å². The Balaban J connectivity index is 1.27. The summed E-state index contributed by atoms with van der Waals surface area (Å²) in [5.41, 5.74) is 4.10. The first-order valence-electron chi connectivity index (χ1n) is 12.1. The number of carbonyl (C=O) groups excluding carboxylic acids is 2. The molecule has 37 heavy (non-hydrogen) atoms. The largest absolute Gasteiger partial charge is 0.322 e. The third-order valence-corrected chi connectivity index (χ3v) is 6.24. The number of benzene rings is 5. The second kappa shape index (κ2) is 10.8. The zero-order chi connectivity index (χ0) is 25.6. The van der Waals surface area contributed by atoms with Crippen LogP contribution < -0.4 is 10.6 Å². The van der Waals surface area contributed by atoms with Crippen LogP contribution in [-0.4, -0.2) is 11.8 Å². The molecule has 0 aromatic heterocycles. The average molecular weight is 483 g/mol. The Morgan fingerprint density at radius 3 is 1.70 bits per heavy atom. The molecule has 5 aromatic rings. The van der Waals surface area contributed by atoms with E-state index < -0.39 is 0 Å². The van der Waals surface area contributed by atoms with Crippen molar-refractivity contribution in [2.45, 2.75) is 6.92 Å². The third-order valence-electron chi connectivity index (χ3n) is 6.24. The molecule has 0 aliphatic carbocycles. The third kappa shape index (κ3) is 5.65. The maximum absolute atomic E-state index is 12.7. The van der Waals surface area contributed by atoms with Gasteiger partial charge in [0.1, 0.15) is 0 Å². The van der Waals surface area contributed by atoms with Crippen LogP contribution in [0.2, 0.25) is 0 Å². The van der Waals surface area contributed by atoms with Crippen LogP contribution in [0.25, 0.3) is 33.7 Å². The number of carbonyl (C=O) groups is 2. The molecule has 0 spiro atoms. The van der Waals surface area contributed by atoms with Crippen LogP contribution >= 0.6 is 0 Å². The molecule has 5 aromatic carbocycles. The summed E-state index contributed by atoms with van der Waals surface area (Å²) in [5, 5.41) is 10.2. The van der Waals surface area contributed by atoms with Gasteiger partial charge >= 0.3 is 0 Å². The lowest BCUT2D eigenvalue weighted by molar-refractivity contribution is -0.112. The first kappa shape index (κ1) is 23.8. The lowest BCUT2D eigenvalue weighted by atomic mass is 10.0. The summed E-state index contributed by atoms with van der Waals surface area (Å²) in [4.78, 5) is 25.3. The van der Waals surface area contributed by atoms with E-state index in [4.69, 9.17) is 0 Å². The monoisotopic (exact) mass is 482 g/mol. The first-order valence-corrected chi connectivity index (χ1v) is 12.1. The topological polar surface area (TPSA) is 58.2 Å². The Hall–Kier alpha value is -4.96. The van der Waals surface area contributed by atoms with Crippen molar-refractivity contribution < 1.29 is 9.59 Å². The van der Waals surface area contributed by atoms with E-state index >= 15 is 0 Å². The van der Waals surface area contributed by atoms with Crippen molar-refractivity contribution in [3.8, 4) is 0 Å². The molecule has 180 valence electrons. The van der Waals surface area contributed by atoms with Crippen LogP contribution in [0.15, 0.2) is 115 Å². The minimum atomic E-state index is -0.245. The van der Waals surface area contributed by atoms with Gasteiger partial charge in [-0.1, -0.05) is 91.0 Å². The number of nitrogens with one attached hydrogen (secondary N) is 2. The van der Waals surface area contributed by atoms with E-state index in [0.29, 0.717) is 11.4 Å². The quantitative estimate of drug-likeness (QED) is 0.245. The Morgan fingerprint density at radius 2 is 1.11 bits per heavy atom. The number of hydrogen-bond donors (Lipinski definition) is 2. The number of rotatable bonds is 6. The van der Waals surface area contributed by atoms with Crippen molar-refractivity contribution in [1.82, 2.24) is 0 Å². The van der Waals surface area contributed by atoms with Crippen LogP contribution in [0, 0.1) is 6.92 Å². The van der Waals surface area contributed by atoms with Gasteiger partial charge in [-0.2, -0.15) is 0 Å². The summed E-state index contributed by atoms with van der Waals surface area (Å²) in [5.74, 6) is -0.486. The molecule has 0 aliphatic heterocycles. The Labute approximate surface area is 216 Å². The van der Waals surface area contributed by atoms with E-state index in [1.807, 2.05) is 116 Å². The highest BCUT2D eigenvalue weighted by Crippen LogP contribution is 2.23. The Morgan fingerprint density at radius 1 is 0.595 bits per heavy atom. The van der Waals surface area contributed by atoms with E-state index in [9.17, 15) is 9.59 Å². The molecule has 0 radical (unpaired) electrons. The van der Waals surface area contributed by atoms with Crippen LogP contribution in [0.5, 0.6) is 0 Å². The number of hydrogen-bond acceptors (Lipinski definition) is 2. The van der Waals surface area contributed by atoms with E-state index in [1.54, 1.807) is 6.07 Å². The van der Waals surface area contributed by atoms with Gasteiger partial charge in [0.05, 0.1) is 0 Å². The molecule has 0 aliphatic rings. The number of anilines is 2. The second-order valence-corrected chi connectivity index (χ2v) is 8.81. The molecule has 0 atom stereocenters. The summed E-state index contributed by atoms with van der Waals surface area (Å²) in [7, 11) is 0. The first-order chi connectivity index (χ1) is 18.1. The van der Waals surface area contributed by atoms with Crippen molar-refractivity contribution in [2.75, 3.05) is 10.6 Å². The molecular weight excluding hydrogens is 456 g/mol. The smallest absolute Gasteiger partial charge is 0.248 e. The van der Waals surface area contributed by atoms with Gasteiger partial charge < -0.3 is 10.6 Å². The molecule has 5 rings (SSSR count). The lowest BCUT2D eigenvalue weighted by Gasteiger charge is -2.10. The molecule has 2 N–H and O–H groups in total. The number of aryl methyl sites for hydroxylation is 1. The lowest BCUT2D eigenvalue weighted by Crippen LogP contribution is -2.11. The van der Waals surface area contributed by atoms with Crippen molar-refractivity contribution in [1.29, 1.82) is 0 Å². The van der Waals surface area contributed by atoms with Crippen molar-refractivity contribution in [3.05, 3.63) is 132 Å². The van der Waals surface area contributed by atoms with Gasteiger partial charge in [0, 0.05) is 23.5 Å². The van der Waals surface area contributed by atoms with Gasteiger partial charge in [0.25, 0.3) is 0 Å². The van der Waals surface area contributed by atoms with Crippen LogP contribution in [0.1, 0.15) is 16.7 Å². The number of amides is 2. The van der Waals surface area contributed by atoms with E-state index in [1.165, 1.54) is 12.2 Å². The van der Waals surface area contributed by atoms with Crippen molar-refractivity contribution in [3.63, 3.8) is 0 Å². The van der Waals surface area contributed by atoms with Gasteiger partial charge in [-0.05, 0) is 69.4 Å². The summed E-state index contributed by atoms with van der Waals surface area (Å²) >= 11 is 0. The van der Waals surface area contributed by atoms with Crippen molar-refractivity contribution in [2.24, 2.45) is 0 Å². The maximum Gasteiger partial charge on any atom is 0.248 e. The second-order valence-electron chi connectivity index (χ2n) is 8.81. The highest BCUT2D eigenvalue weighted by Gasteiger charge is 2.06. The van der Waals surface area contributed by atoms with E-state index in [2.05, 4.69) is 10.6 Å². The van der Waals surface area contributed by atoms with Gasteiger partial charge in [-0.3, -0.25) is 9.59 Å². The maximum atomic E-state index is 12.7. The van der Waals surface area contributed by atoms with E-state index in [-0.39, 0.29) is 11.8 Å². The van der Waals surface area contributed by atoms with Crippen molar-refractivity contribution >= 4 is 56.9 Å². The molecule has 0 saturated carbocycles. The zero-order valence-electron chi connectivity index (χ0n) is 20.4. The Kier molecular flexibility index (Phi) is 6.91. The summed E-state index contributed by atoms with van der Waals surface area (Å²) < 4.78 is 0.